The Morgan fingerprint density at radius 1 is 1.03 bits per heavy atom. The maximum absolute atomic E-state index is 12.7. The van der Waals surface area contributed by atoms with E-state index in [1.165, 1.54) is 44.2 Å². The van der Waals surface area contributed by atoms with E-state index in [-0.39, 0.29) is 28.5 Å². The van der Waals surface area contributed by atoms with Crippen LogP contribution in [0, 0.1) is 0 Å². The van der Waals surface area contributed by atoms with Crippen molar-refractivity contribution in [2.45, 2.75) is 31.7 Å². The molecule has 0 saturated carbocycles. The molecule has 2 aromatic carbocycles. The summed E-state index contributed by atoms with van der Waals surface area (Å²) in [6, 6.07) is 9.09. The van der Waals surface area contributed by atoms with Gasteiger partial charge in [0.15, 0.2) is 17.1 Å². The lowest BCUT2D eigenvalue weighted by Gasteiger charge is -2.16. The van der Waals surface area contributed by atoms with Crippen LogP contribution in [0.2, 0.25) is 10.0 Å². The van der Waals surface area contributed by atoms with Crippen molar-refractivity contribution >= 4 is 58.5 Å². The number of rotatable bonds is 10. The number of benzene rings is 2. The first kappa shape index (κ1) is 28.3. The fourth-order valence-electron chi connectivity index (χ4n) is 3.32. The number of halogens is 2. The number of amides is 1. The van der Waals surface area contributed by atoms with Gasteiger partial charge in [-0.15, -0.1) is 10.2 Å². The van der Waals surface area contributed by atoms with Crippen LogP contribution in [0.4, 0.5) is 5.69 Å². The van der Waals surface area contributed by atoms with Crippen LogP contribution >= 0.6 is 35.0 Å². The quantitative estimate of drug-likeness (QED) is 0.265. The molecule has 1 atom stereocenters. The van der Waals surface area contributed by atoms with Crippen LogP contribution in [0.3, 0.4) is 0 Å². The minimum Gasteiger partial charge on any atom is -0.481 e. The van der Waals surface area contributed by atoms with E-state index in [4.69, 9.17) is 37.4 Å². The fourth-order valence-corrected chi connectivity index (χ4v) is 4.58. The van der Waals surface area contributed by atoms with E-state index < -0.39 is 18.0 Å². The molecule has 1 N–H and O–H groups in total. The summed E-state index contributed by atoms with van der Waals surface area (Å²) in [6.45, 7) is 4.28. The Kier molecular flexibility index (Phi) is 9.79. The molecule has 1 aromatic heterocycles. The molecule has 196 valence electrons. The average molecular weight is 567 g/mol. The van der Waals surface area contributed by atoms with Gasteiger partial charge in [0.2, 0.25) is 5.91 Å². The summed E-state index contributed by atoms with van der Waals surface area (Å²) < 4.78 is 17.2. The summed E-state index contributed by atoms with van der Waals surface area (Å²) in [5.41, 5.74) is 0.436. The van der Waals surface area contributed by atoms with Gasteiger partial charge in [0.05, 0.1) is 36.1 Å². The second kappa shape index (κ2) is 12.8. The number of aromatic nitrogens is 3. The van der Waals surface area contributed by atoms with Crippen molar-refractivity contribution in [3.05, 3.63) is 63.4 Å². The predicted octanol–water partition coefficient (Wildman–Crippen LogP) is 5.05. The highest BCUT2D eigenvalue weighted by atomic mass is 35.5. The summed E-state index contributed by atoms with van der Waals surface area (Å²) in [5.74, 6) is -0.687. The first-order chi connectivity index (χ1) is 17.7. The van der Waals surface area contributed by atoms with Gasteiger partial charge in [-0.3, -0.25) is 4.79 Å². The van der Waals surface area contributed by atoms with E-state index in [9.17, 15) is 14.4 Å². The van der Waals surface area contributed by atoms with Crippen LogP contribution in [-0.2, 0) is 20.8 Å². The number of nitrogens with zero attached hydrogens (tertiary/aromatic N) is 3. The van der Waals surface area contributed by atoms with Crippen LogP contribution in [0.25, 0.3) is 0 Å². The molecule has 0 radical (unpaired) electrons. The number of hydrogen-bond donors (Lipinski definition) is 1. The molecular weight excluding hydrogens is 543 g/mol. The zero-order chi connectivity index (χ0) is 27.1. The highest BCUT2D eigenvalue weighted by Crippen LogP contribution is 2.31. The molecular formula is C24H24Cl2N4O6S. The molecule has 0 aliphatic rings. The maximum atomic E-state index is 12.7. The SMILES string of the molecule is CCn1c(SCC(=O)Nc2cc(C(=O)OC)cc(C(=O)OC)c2)nnc1C(C)Oc1ccc(Cl)cc1Cl. The zero-order valence-corrected chi connectivity index (χ0v) is 22.7. The highest BCUT2D eigenvalue weighted by Gasteiger charge is 2.21. The molecule has 0 spiro atoms. The summed E-state index contributed by atoms with van der Waals surface area (Å²) in [4.78, 5) is 36.6. The van der Waals surface area contributed by atoms with Crippen LogP contribution < -0.4 is 10.1 Å². The van der Waals surface area contributed by atoms with Crippen molar-refractivity contribution in [1.82, 2.24) is 14.8 Å². The largest absolute Gasteiger partial charge is 0.481 e. The molecule has 3 rings (SSSR count). The van der Waals surface area contributed by atoms with Crippen LogP contribution in [0.5, 0.6) is 5.75 Å². The van der Waals surface area contributed by atoms with Gasteiger partial charge >= 0.3 is 11.9 Å². The number of carbonyl (C=O) groups is 3. The molecule has 0 fully saturated rings. The Labute approximate surface area is 227 Å². The molecule has 0 aliphatic carbocycles. The molecule has 13 heteroatoms. The van der Waals surface area contributed by atoms with E-state index in [1.54, 1.807) is 18.2 Å². The maximum Gasteiger partial charge on any atom is 0.337 e. The van der Waals surface area contributed by atoms with Gasteiger partial charge in [-0.2, -0.15) is 0 Å². The van der Waals surface area contributed by atoms with Crippen LogP contribution in [-0.4, -0.2) is 52.6 Å². The summed E-state index contributed by atoms with van der Waals surface area (Å²) in [5, 5.41) is 12.5. The van der Waals surface area contributed by atoms with Crippen LogP contribution in [0.15, 0.2) is 41.6 Å². The Hall–Kier alpha value is -3.28. The number of nitrogens with one attached hydrogen (secondary N) is 1. The number of thioether (sulfide) groups is 1. The van der Waals surface area contributed by atoms with Gasteiger partial charge in [0.25, 0.3) is 0 Å². The highest BCUT2D eigenvalue weighted by molar-refractivity contribution is 7.99. The van der Waals surface area contributed by atoms with Crippen LogP contribution in [0.1, 0.15) is 46.5 Å². The van der Waals surface area contributed by atoms with Gasteiger partial charge in [-0.05, 0) is 50.2 Å². The molecule has 1 heterocycles. The predicted molar refractivity (Wildman–Crippen MR) is 140 cm³/mol. The third kappa shape index (κ3) is 7.15. The summed E-state index contributed by atoms with van der Waals surface area (Å²) in [7, 11) is 2.44. The number of methoxy groups -OCH3 is 2. The van der Waals surface area contributed by atoms with Crippen molar-refractivity contribution in [2.75, 3.05) is 25.3 Å². The van der Waals surface area contributed by atoms with E-state index in [1.807, 2.05) is 18.4 Å². The Morgan fingerprint density at radius 3 is 2.24 bits per heavy atom. The van der Waals surface area contributed by atoms with E-state index in [0.29, 0.717) is 33.3 Å². The molecule has 0 bridgehead atoms. The van der Waals surface area contributed by atoms with Gasteiger partial charge in [0, 0.05) is 17.3 Å². The molecule has 0 aliphatic heterocycles. The number of esters is 2. The lowest BCUT2D eigenvalue weighted by atomic mass is 10.1. The monoisotopic (exact) mass is 566 g/mol. The minimum absolute atomic E-state index is 0.00755. The fraction of sp³-hybridized carbons (Fsp3) is 0.292. The van der Waals surface area contributed by atoms with Crippen molar-refractivity contribution in [3.63, 3.8) is 0 Å². The Bertz CT molecular complexity index is 1280. The standard InChI is InChI=1S/C24H24Cl2N4O6S/c1-5-30-21(13(2)36-19-7-6-16(25)11-18(19)26)28-29-24(30)37-12-20(31)27-17-9-14(22(32)34-3)8-15(10-17)23(33)35-4/h6-11,13H,5,12H2,1-4H3,(H,27,31). The van der Waals surface area contributed by atoms with Gasteiger partial charge < -0.3 is 24.1 Å². The molecule has 1 unspecified atom stereocenters. The van der Waals surface area contributed by atoms with E-state index in [0.717, 1.165) is 0 Å². The van der Waals surface area contributed by atoms with Crippen molar-refractivity contribution < 1.29 is 28.6 Å². The van der Waals surface area contributed by atoms with Crippen molar-refractivity contribution in [2.24, 2.45) is 0 Å². The van der Waals surface area contributed by atoms with Gasteiger partial charge in [0.1, 0.15) is 5.75 Å². The third-order valence-corrected chi connectivity index (χ3v) is 6.51. The van der Waals surface area contributed by atoms with E-state index >= 15 is 0 Å². The Morgan fingerprint density at radius 2 is 1.68 bits per heavy atom. The van der Waals surface area contributed by atoms with Crippen molar-refractivity contribution in [3.8, 4) is 5.75 Å². The smallest absolute Gasteiger partial charge is 0.337 e. The first-order valence-corrected chi connectivity index (χ1v) is 12.7. The molecule has 3 aromatic rings. The second-order valence-electron chi connectivity index (χ2n) is 7.54. The van der Waals surface area contributed by atoms with Crippen molar-refractivity contribution in [1.29, 1.82) is 0 Å². The lowest BCUT2D eigenvalue weighted by molar-refractivity contribution is -0.113. The summed E-state index contributed by atoms with van der Waals surface area (Å²) >= 11 is 13.3. The average Bonchev–Trinajstić information content (AvgIpc) is 3.31. The van der Waals surface area contributed by atoms with E-state index in [2.05, 4.69) is 15.5 Å². The van der Waals surface area contributed by atoms with Gasteiger partial charge in [-0.1, -0.05) is 35.0 Å². The molecule has 0 saturated heterocycles. The normalized spacial score (nSPS) is 11.5. The molecule has 1 amide bonds. The minimum atomic E-state index is -0.657. The van der Waals surface area contributed by atoms with Gasteiger partial charge in [-0.25, -0.2) is 9.59 Å². The number of anilines is 1. The summed E-state index contributed by atoms with van der Waals surface area (Å²) in [6.07, 6.45) is -0.480. The zero-order valence-electron chi connectivity index (χ0n) is 20.4. The number of ether oxygens (including phenoxy) is 3. The number of hydrogen-bond acceptors (Lipinski definition) is 9. The Balaban J connectivity index is 1.70. The second-order valence-corrected chi connectivity index (χ2v) is 9.33. The third-order valence-electron chi connectivity index (χ3n) is 5.01. The molecule has 10 nitrogen and oxygen atoms in total. The first-order valence-electron chi connectivity index (χ1n) is 11.0. The molecule has 37 heavy (non-hydrogen) atoms. The lowest BCUT2D eigenvalue weighted by Crippen LogP contribution is -2.17. The topological polar surface area (TPSA) is 122 Å². The number of carbonyl (C=O) groups excluding carboxylic acids is 3.